The second-order valence-corrected chi connectivity index (χ2v) is 24.0. The van der Waals surface area contributed by atoms with Crippen LogP contribution in [0.2, 0.25) is 33.2 Å². The van der Waals surface area contributed by atoms with Crippen LogP contribution in [-0.2, 0) is 13.6 Å². The van der Waals surface area contributed by atoms with Crippen molar-refractivity contribution < 1.29 is 13.6 Å². The molecule has 38 heavy (non-hydrogen) atoms. The third-order valence-electron chi connectivity index (χ3n) is 9.15. The van der Waals surface area contributed by atoms with Crippen molar-refractivity contribution >= 4 is 22.3 Å². The van der Waals surface area contributed by atoms with Crippen molar-refractivity contribution in [3.05, 3.63) is 24.0 Å². The smallest absolute Gasteiger partial charge is 0.201 e. The molecule has 1 aromatic rings. The summed E-state index contributed by atoms with van der Waals surface area (Å²) < 4.78 is 21.7. The number of nitrogens with zero attached hydrogens (tertiary/aromatic N) is 2. The fraction of sp³-hybridized carbons (Fsp3) is 0.800. The summed E-state index contributed by atoms with van der Waals surface area (Å²) in [7, 11) is -4.54. The maximum Gasteiger partial charge on any atom is 0.201 e. The van der Waals surface area contributed by atoms with Gasteiger partial charge in [0, 0.05) is 18.2 Å². The third-order valence-corrected chi connectivity index (χ3v) is 21.4. The minimum atomic E-state index is -2.29. The number of anilines is 1. The second kappa shape index (κ2) is 13.4. The van der Waals surface area contributed by atoms with E-state index in [1.165, 1.54) is 0 Å². The topological polar surface area (TPSA) is 90.4 Å². The van der Waals surface area contributed by atoms with Gasteiger partial charge in [-0.15, -0.1) is 0 Å². The largest absolute Gasteiger partial charge is 0.410 e. The quantitative estimate of drug-likeness (QED) is 0.257. The van der Waals surface area contributed by atoms with Crippen LogP contribution in [0.1, 0.15) is 108 Å². The van der Waals surface area contributed by atoms with E-state index in [0.717, 1.165) is 5.56 Å². The molecule has 6 nitrogen and oxygen atoms in total. The molecule has 0 saturated carbocycles. The highest BCUT2D eigenvalue weighted by Crippen LogP contribution is 2.50. The third kappa shape index (κ3) is 6.38. The molecule has 0 aromatic carbocycles. The lowest BCUT2D eigenvalue weighted by atomic mass is 9.92. The van der Waals surface area contributed by atoms with Gasteiger partial charge in [0.2, 0.25) is 16.6 Å². The van der Waals surface area contributed by atoms with Gasteiger partial charge in [0.15, 0.2) is 0 Å². The molecule has 1 aliphatic rings. The van der Waals surface area contributed by atoms with Crippen LogP contribution in [0, 0.1) is 11.3 Å². The van der Waals surface area contributed by atoms with E-state index in [1.54, 1.807) is 12.4 Å². The lowest BCUT2D eigenvalue weighted by Gasteiger charge is -2.53. The molecular weight excluding hydrogens is 507 g/mol. The van der Waals surface area contributed by atoms with E-state index in [2.05, 4.69) is 94.1 Å². The van der Waals surface area contributed by atoms with E-state index < -0.39 is 22.7 Å². The van der Waals surface area contributed by atoms with E-state index in [1.807, 2.05) is 6.07 Å². The Morgan fingerprint density at radius 1 is 0.895 bits per heavy atom. The van der Waals surface area contributed by atoms with Gasteiger partial charge in [0.1, 0.15) is 0 Å². The highest BCUT2D eigenvalue weighted by molar-refractivity contribution is 6.78. The van der Waals surface area contributed by atoms with Crippen LogP contribution in [-0.4, -0.2) is 39.9 Å². The minimum Gasteiger partial charge on any atom is -0.410 e. The Bertz CT molecular complexity index is 886. The number of aromatic nitrogens is 1. The standard InChI is InChI=1S/C30H55N3O3Si2/c1-19(2)37(20(3)4,21(5)6)35-29-17-28(25-14-16-33-18-26(25)32)34-27(13-15-31)30(29)36-38(22(7)8,23(9)10)24(11)12/h14,16,18-24,27-30H,13,17,32H2,1-12H3. The van der Waals surface area contributed by atoms with E-state index in [-0.39, 0.29) is 24.7 Å². The molecule has 216 valence electrons. The van der Waals surface area contributed by atoms with E-state index in [4.69, 9.17) is 19.3 Å². The van der Waals surface area contributed by atoms with Gasteiger partial charge in [-0.25, -0.2) is 0 Å². The van der Waals surface area contributed by atoms with Crippen LogP contribution in [0.5, 0.6) is 0 Å². The molecule has 1 aliphatic heterocycles. The first-order valence-electron chi connectivity index (χ1n) is 14.7. The monoisotopic (exact) mass is 561 g/mol. The average molecular weight is 562 g/mol. The first kappa shape index (κ1) is 33.0. The number of nitrogens with two attached hydrogens (primary N) is 1. The van der Waals surface area contributed by atoms with Gasteiger partial charge in [-0.05, 0) is 39.3 Å². The Kier molecular flexibility index (Phi) is 11.6. The lowest BCUT2D eigenvalue weighted by molar-refractivity contribution is -0.160. The SMILES string of the molecule is CC(C)[Si](OC1CC(c2ccncc2N)OC(CC#N)C1O[Si](C(C)C)(C(C)C)C(C)C)(C(C)C)C(C)C. The molecule has 0 bridgehead atoms. The Morgan fingerprint density at radius 3 is 1.79 bits per heavy atom. The highest BCUT2D eigenvalue weighted by Gasteiger charge is 2.54. The Labute approximate surface area is 235 Å². The summed E-state index contributed by atoms with van der Waals surface area (Å²) in [5.41, 5.74) is 10.5. The van der Waals surface area contributed by atoms with Crippen molar-refractivity contribution in [2.45, 2.75) is 154 Å². The zero-order valence-corrected chi connectivity index (χ0v) is 28.1. The summed E-state index contributed by atoms with van der Waals surface area (Å²) >= 11 is 0. The molecule has 2 rings (SSSR count). The van der Waals surface area contributed by atoms with Crippen molar-refractivity contribution in [3.8, 4) is 6.07 Å². The van der Waals surface area contributed by atoms with Crippen molar-refractivity contribution in [1.82, 2.24) is 4.98 Å². The summed E-state index contributed by atoms with van der Waals surface area (Å²) in [4.78, 5) is 4.19. The van der Waals surface area contributed by atoms with Gasteiger partial charge >= 0.3 is 0 Å². The van der Waals surface area contributed by atoms with Gasteiger partial charge in [-0.1, -0.05) is 83.1 Å². The normalized spacial score (nSPS) is 23.3. The van der Waals surface area contributed by atoms with Gasteiger partial charge < -0.3 is 19.3 Å². The van der Waals surface area contributed by atoms with Gasteiger partial charge in [0.05, 0.1) is 48.8 Å². The fourth-order valence-corrected chi connectivity index (χ4v) is 18.8. The lowest BCUT2D eigenvalue weighted by Crippen LogP contribution is -2.61. The zero-order chi connectivity index (χ0) is 29.0. The first-order valence-corrected chi connectivity index (χ1v) is 19.0. The molecule has 8 heteroatoms. The number of hydrogen-bond donors (Lipinski definition) is 1. The molecule has 2 heterocycles. The van der Waals surface area contributed by atoms with Crippen LogP contribution in [0.4, 0.5) is 5.69 Å². The summed E-state index contributed by atoms with van der Waals surface area (Å²) in [6.07, 6.45) is 3.21. The fourth-order valence-electron chi connectivity index (χ4n) is 7.68. The van der Waals surface area contributed by atoms with Crippen molar-refractivity contribution in [3.63, 3.8) is 0 Å². The second-order valence-electron chi connectivity index (χ2n) is 13.1. The number of rotatable bonds is 12. The highest BCUT2D eigenvalue weighted by atomic mass is 28.4. The van der Waals surface area contributed by atoms with Crippen LogP contribution < -0.4 is 5.73 Å². The zero-order valence-electron chi connectivity index (χ0n) is 26.1. The summed E-state index contributed by atoms with van der Waals surface area (Å²) in [6.45, 7) is 27.8. The Hall–Kier alpha value is -1.25. The number of ether oxygens (including phenoxy) is 1. The van der Waals surface area contributed by atoms with E-state index >= 15 is 0 Å². The maximum atomic E-state index is 9.92. The van der Waals surface area contributed by atoms with Crippen molar-refractivity contribution in [1.29, 1.82) is 5.26 Å². The number of pyridine rings is 1. The van der Waals surface area contributed by atoms with Gasteiger partial charge in [-0.3, -0.25) is 4.98 Å². The van der Waals surface area contributed by atoms with Crippen LogP contribution in [0.3, 0.4) is 0 Å². The first-order chi connectivity index (χ1) is 17.7. The van der Waals surface area contributed by atoms with E-state index in [9.17, 15) is 5.26 Å². The van der Waals surface area contributed by atoms with Crippen LogP contribution >= 0.6 is 0 Å². The molecular formula is C30H55N3O3Si2. The molecule has 0 amide bonds. The summed E-state index contributed by atoms with van der Waals surface area (Å²) in [5.74, 6) is 0. The Balaban J connectivity index is 2.72. The molecule has 1 aromatic heterocycles. The summed E-state index contributed by atoms with van der Waals surface area (Å²) in [5, 5.41) is 9.92. The predicted octanol–water partition coefficient (Wildman–Crippen LogP) is 8.53. The average Bonchev–Trinajstić information content (AvgIpc) is 2.80. The predicted molar refractivity (Wildman–Crippen MR) is 163 cm³/mol. The molecule has 2 N–H and O–H groups in total. The molecule has 0 radical (unpaired) electrons. The molecule has 0 aliphatic carbocycles. The van der Waals surface area contributed by atoms with Gasteiger partial charge in [-0.2, -0.15) is 5.26 Å². The molecule has 1 fully saturated rings. The molecule has 4 unspecified atom stereocenters. The van der Waals surface area contributed by atoms with Crippen LogP contribution in [0.25, 0.3) is 0 Å². The van der Waals surface area contributed by atoms with Gasteiger partial charge in [0.25, 0.3) is 0 Å². The van der Waals surface area contributed by atoms with Crippen molar-refractivity contribution in [2.75, 3.05) is 5.73 Å². The Morgan fingerprint density at radius 2 is 1.37 bits per heavy atom. The molecule has 0 spiro atoms. The number of nitriles is 1. The number of hydrogen-bond acceptors (Lipinski definition) is 6. The minimum absolute atomic E-state index is 0.179. The molecule has 4 atom stereocenters. The summed E-state index contributed by atoms with van der Waals surface area (Å²) in [6, 6.07) is 4.34. The number of nitrogen functional groups attached to an aromatic ring is 1. The van der Waals surface area contributed by atoms with E-state index in [0.29, 0.717) is 45.4 Å². The van der Waals surface area contributed by atoms with Crippen molar-refractivity contribution in [2.24, 2.45) is 0 Å². The molecule has 1 saturated heterocycles. The maximum absolute atomic E-state index is 9.92. The van der Waals surface area contributed by atoms with Crippen LogP contribution in [0.15, 0.2) is 18.5 Å².